The fraction of sp³-hybridized carbons (Fsp3) is 0.867. The van der Waals surface area contributed by atoms with Crippen molar-refractivity contribution < 1.29 is 34.0 Å². The van der Waals surface area contributed by atoms with E-state index in [2.05, 4.69) is 5.32 Å². The van der Waals surface area contributed by atoms with Crippen molar-refractivity contribution in [1.29, 1.82) is 0 Å². The van der Waals surface area contributed by atoms with Crippen LogP contribution in [-0.4, -0.2) is 73.9 Å². The average Bonchev–Trinajstić information content (AvgIpc) is 2.48. The van der Waals surface area contributed by atoms with Gasteiger partial charge in [0.2, 0.25) is 0 Å². The molecule has 0 aromatic rings. The van der Waals surface area contributed by atoms with Crippen LogP contribution in [0.1, 0.15) is 33.1 Å². The van der Waals surface area contributed by atoms with E-state index in [1.807, 2.05) is 13.8 Å². The van der Waals surface area contributed by atoms with Gasteiger partial charge in [-0.25, -0.2) is 0 Å². The molecule has 8 nitrogen and oxygen atoms in total. The van der Waals surface area contributed by atoms with E-state index in [1.165, 1.54) is 0 Å². The highest BCUT2D eigenvalue weighted by Crippen LogP contribution is 2.10. The molecule has 0 aliphatic carbocycles. The van der Waals surface area contributed by atoms with Crippen molar-refractivity contribution in [3.05, 3.63) is 0 Å². The summed E-state index contributed by atoms with van der Waals surface area (Å²) in [7, 11) is 0. The lowest BCUT2D eigenvalue weighted by atomic mass is 10.0. The third-order valence-corrected chi connectivity index (χ3v) is 2.96. The smallest absolute Gasteiger partial charge is 0.305 e. The zero-order valence-electron chi connectivity index (χ0n) is 14.0. The first kappa shape index (κ1) is 21.8. The summed E-state index contributed by atoms with van der Waals surface area (Å²) in [6.07, 6.45) is 0.734. The minimum atomic E-state index is -0.918. The van der Waals surface area contributed by atoms with Crippen molar-refractivity contribution in [1.82, 2.24) is 5.32 Å². The molecule has 0 atom stereocenters. The van der Waals surface area contributed by atoms with Crippen LogP contribution in [0.2, 0.25) is 0 Å². The van der Waals surface area contributed by atoms with Crippen LogP contribution in [0, 0.1) is 0 Å². The monoisotopic (exact) mass is 335 g/mol. The molecule has 0 spiro atoms. The Morgan fingerprint density at radius 2 is 1.30 bits per heavy atom. The van der Waals surface area contributed by atoms with Gasteiger partial charge in [-0.05, 0) is 13.0 Å². The zero-order valence-corrected chi connectivity index (χ0v) is 14.0. The summed E-state index contributed by atoms with van der Waals surface area (Å²) in [6.45, 7) is 6.18. The Bertz CT molecular complexity index is 314. The predicted molar refractivity (Wildman–Crippen MR) is 83.7 cm³/mol. The topological polar surface area (TPSA) is 114 Å². The molecule has 0 bridgehead atoms. The first-order valence-corrected chi connectivity index (χ1v) is 7.87. The first-order valence-electron chi connectivity index (χ1n) is 7.87. The molecular weight excluding hydrogens is 306 g/mol. The Labute approximate surface area is 137 Å². The van der Waals surface area contributed by atoms with E-state index in [0.717, 1.165) is 6.42 Å². The molecule has 3 N–H and O–H groups in total. The summed E-state index contributed by atoms with van der Waals surface area (Å²) in [6, 6.07) is 0. The molecule has 0 amide bonds. The number of rotatable bonds is 16. The maximum atomic E-state index is 10.5. The second-order valence-electron chi connectivity index (χ2n) is 5.26. The number of likely N-dealkylation sites (N-methyl/N-ethyl adjacent to an activating group) is 1. The van der Waals surface area contributed by atoms with E-state index in [4.69, 9.17) is 24.4 Å². The minimum Gasteiger partial charge on any atom is -0.481 e. The Morgan fingerprint density at radius 3 is 1.65 bits per heavy atom. The van der Waals surface area contributed by atoms with E-state index >= 15 is 0 Å². The Kier molecular flexibility index (Phi) is 12.5. The molecule has 0 fully saturated rings. The summed E-state index contributed by atoms with van der Waals surface area (Å²) in [4.78, 5) is 21.1. The van der Waals surface area contributed by atoms with Crippen molar-refractivity contribution in [3.63, 3.8) is 0 Å². The molecule has 0 radical (unpaired) electrons. The number of aliphatic carboxylic acids is 2. The highest BCUT2D eigenvalue weighted by atomic mass is 16.5. The van der Waals surface area contributed by atoms with Gasteiger partial charge in [0.05, 0.1) is 51.4 Å². The molecule has 0 aromatic heterocycles. The average molecular weight is 335 g/mol. The van der Waals surface area contributed by atoms with E-state index in [0.29, 0.717) is 19.8 Å². The summed E-state index contributed by atoms with van der Waals surface area (Å²) in [5, 5.41) is 20.6. The number of hydrogen-bond acceptors (Lipinski definition) is 6. The number of carboxylic acid groups (broad SMARTS) is 2. The molecule has 0 unspecified atom stereocenters. The zero-order chi connectivity index (χ0) is 17.6. The lowest BCUT2D eigenvalue weighted by Gasteiger charge is -2.34. The van der Waals surface area contributed by atoms with Crippen LogP contribution < -0.4 is 5.32 Å². The normalized spacial score (nSPS) is 11.6. The molecule has 0 heterocycles. The van der Waals surface area contributed by atoms with E-state index in [1.54, 1.807) is 0 Å². The molecule has 0 saturated heterocycles. The maximum Gasteiger partial charge on any atom is 0.305 e. The predicted octanol–water partition coefficient (Wildman–Crippen LogP) is 0.744. The van der Waals surface area contributed by atoms with Gasteiger partial charge in [0, 0.05) is 6.61 Å². The van der Waals surface area contributed by atoms with Crippen LogP contribution in [0.3, 0.4) is 0 Å². The third kappa shape index (κ3) is 11.9. The van der Waals surface area contributed by atoms with Crippen LogP contribution >= 0.6 is 0 Å². The van der Waals surface area contributed by atoms with Gasteiger partial charge in [0.25, 0.3) is 0 Å². The summed E-state index contributed by atoms with van der Waals surface area (Å²) >= 11 is 0. The molecule has 23 heavy (non-hydrogen) atoms. The van der Waals surface area contributed by atoms with Crippen molar-refractivity contribution in [3.8, 4) is 0 Å². The van der Waals surface area contributed by atoms with Gasteiger partial charge in [-0.1, -0.05) is 13.8 Å². The molecule has 8 heteroatoms. The van der Waals surface area contributed by atoms with Gasteiger partial charge in [-0.15, -0.1) is 0 Å². The van der Waals surface area contributed by atoms with Gasteiger partial charge < -0.3 is 29.7 Å². The largest absolute Gasteiger partial charge is 0.481 e. The standard InChI is InChI=1S/C15H29NO7/c1-3-7-21-10-15(16-4-2,11-22-8-5-13(17)18)12-23-9-6-14(19)20/h16H,3-12H2,1-2H3,(H,17,18)(H,19,20). The van der Waals surface area contributed by atoms with Crippen LogP contribution in [-0.2, 0) is 23.8 Å². The van der Waals surface area contributed by atoms with Gasteiger partial charge in [0.1, 0.15) is 0 Å². The van der Waals surface area contributed by atoms with Crippen molar-refractivity contribution in [2.24, 2.45) is 0 Å². The van der Waals surface area contributed by atoms with Crippen LogP contribution in [0.5, 0.6) is 0 Å². The summed E-state index contributed by atoms with van der Waals surface area (Å²) < 4.78 is 16.5. The minimum absolute atomic E-state index is 0.0715. The molecule has 0 saturated carbocycles. The van der Waals surface area contributed by atoms with Crippen molar-refractivity contribution >= 4 is 11.9 Å². The molecule has 0 rings (SSSR count). The second-order valence-corrected chi connectivity index (χ2v) is 5.26. The third-order valence-electron chi connectivity index (χ3n) is 2.96. The number of carboxylic acids is 2. The van der Waals surface area contributed by atoms with Gasteiger partial charge >= 0.3 is 11.9 Å². The van der Waals surface area contributed by atoms with Crippen LogP contribution in [0.4, 0.5) is 0 Å². The number of hydrogen-bond donors (Lipinski definition) is 3. The molecular formula is C15H29NO7. The summed E-state index contributed by atoms with van der Waals surface area (Å²) in [5.74, 6) is -1.84. The van der Waals surface area contributed by atoms with Gasteiger partial charge in [0.15, 0.2) is 0 Å². The second kappa shape index (κ2) is 13.2. The van der Waals surface area contributed by atoms with Crippen molar-refractivity contribution in [2.75, 3.05) is 46.2 Å². The Balaban J connectivity index is 4.52. The quantitative estimate of drug-likeness (QED) is 0.354. The fourth-order valence-corrected chi connectivity index (χ4v) is 1.92. The van der Waals surface area contributed by atoms with Crippen molar-refractivity contribution in [2.45, 2.75) is 38.6 Å². The number of ether oxygens (including phenoxy) is 3. The Hall–Kier alpha value is -1.22. The van der Waals surface area contributed by atoms with Crippen LogP contribution in [0.15, 0.2) is 0 Å². The van der Waals surface area contributed by atoms with Gasteiger partial charge in [-0.2, -0.15) is 0 Å². The van der Waals surface area contributed by atoms with E-state index in [9.17, 15) is 9.59 Å². The summed E-state index contributed by atoms with van der Waals surface area (Å²) in [5.41, 5.74) is -0.624. The fourth-order valence-electron chi connectivity index (χ4n) is 1.92. The first-order chi connectivity index (χ1) is 11.0. The van der Waals surface area contributed by atoms with E-state index < -0.39 is 17.5 Å². The highest BCUT2D eigenvalue weighted by Gasteiger charge is 2.30. The van der Waals surface area contributed by atoms with Crippen LogP contribution in [0.25, 0.3) is 0 Å². The number of nitrogens with one attached hydrogen (secondary N) is 1. The lowest BCUT2D eigenvalue weighted by Crippen LogP contribution is -2.56. The van der Waals surface area contributed by atoms with E-state index in [-0.39, 0.29) is 39.3 Å². The number of carbonyl (C=O) groups is 2. The van der Waals surface area contributed by atoms with Gasteiger partial charge in [-0.3, -0.25) is 9.59 Å². The molecule has 0 aliphatic heterocycles. The SMILES string of the molecule is CCCOCC(COCCC(=O)O)(COCCC(=O)O)NCC. The maximum absolute atomic E-state index is 10.5. The highest BCUT2D eigenvalue weighted by molar-refractivity contribution is 5.67. The lowest BCUT2D eigenvalue weighted by molar-refractivity contribution is -0.139. The molecule has 0 aromatic carbocycles. The Morgan fingerprint density at radius 1 is 0.870 bits per heavy atom. The molecule has 136 valence electrons. The molecule has 0 aliphatic rings.